The maximum absolute atomic E-state index is 12.6. The predicted octanol–water partition coefficient (Wildman–Crippen LogP) is 3.98. The monoisotopic (exact) mass is 351 g/mol. The topological polar surface area (TPSA) is 47.6 Å². The van der Waals surface area contributed by atoms with Crippen LogP contribution < -0.4 is 14.8 Å². The fourth-order valence-corrected chi connectivity index (χ4v) is 3.61. The first kappa shape index (κ1) is 15.7. The zero-order valence-corrected chi connectivity index (χ0v) is 14.3. The first-order chi connectivity index (χ1) is 12.3. The molecule has 2 aromatic carbocycles. The first-order valence-corrected chi connectivity index (χ1v) is 8.99. The molecule has 1 aliphatic rings. The van der Waals surface area contributed by atoms with Crippen molar-refractivity contribution in [3.63, 3.8) is 0 Å². The molecule has 4 rings (SSSR count). The van der Waals surface area contributed by atoms with Gasteiger partial charge in [0.2, 0.25) is 0 Å². The van der Waals surface area contributed by atoms with E-state index >= 15 is 0 Å². The van der Waals surface area contributed by atoms with E-state index in [1.165, 1.54) is 11.3 Å². The second-order valence-electron chi connectivity index (χ2n) is 5.74. The third kappa shape index (κ3) is 3.37. The maximum Gasteiger partial charge on any atom is 0.262 e. The molecular weight excluding hydrogens is 334 g/mol. The van der Waals surface area contributed by atoms with E-state index < -0.39 is 0 Å². The Morgan fingerprint density at radius 2 is 1.80 bits per heavy atom. The number of carbonyl (C=O) groups is 1. The molecular formula is C20H17NO3S. The average molecular weight is 351 g/mol. The highest BCUT2D eigenvalue weighted by Crippen LogP contribution is 2.31. The number of hydrogen-bond donors (Lipinski definition) is 1. The van der Waals surface area contributed by atoms with Crippen molar-refractivity contribution >= 4 is 17.2 Å². The summed E-state index contributed by atoms with van der Waals surface area (Å²) in [6.45, 7) is 0.826. The number of rotatable bonds is 4. The molecule has 1 amide bonds. The summed E-state index contributed by atoms with van der Waals surface area (Å²) in [4.78, 5) is 13.3. The molecule has 0 spiro atoms. The van der Waals surface area contributed by atoms with Crippen LogP contribution in [0.1, 0.15) is 9.67 Å². The molecule has 5 heteroatoms. The van der Waals surface area contributed by atoms with Gasteiger partial charge in [-0.15, -0.1) is 11.3 Å². The largest absolute Gasteiger partial charge is 0.486 e. The molecule has 0 fully saturated rings. The summed E-state index contributed by atoms with van der Waals surface area (Å²) in [5, 5.41) is 4.90. The van der Waals surface area contributed by atoms with E-state index in [0.717, 1.165) is 16.9 Å². The van der Waals surface area contributed by atoms with Crippen molar-refractivity contribution in [1.29, 1.82) is 0 Å². The molecule has 4 nitrogen and oxygen atoms in total. The summed E-state index contributed by atoms with van der Waals surface area (Å²) >= 11 is 1.44. The molecule has 0 bridgehead atoms. The molecule has 0 saturated heterocycles. The Hall–Kier alpha value is -2.79. The lowest BCUT2D eigenvalue weighted by atomic mass is 10.1. The van der Waals surface area contributed by atoms with Crippen LogP contribution in [0.2, 0.25) is 0 Å². The van der Waals surface area contributed by atoms with Crippen LogP contribution in [0.5, 0.6) is 11.5 Å². The van der Waals surface area contributed by atoms with Crippen LogP contribution in [0.25, 0.3) is 11.1 Å². The molecule has 1 unspecified atom stereocenters. The first-order valence-electron chi connectivity index (χ1n) is 8.11. The number of thiophene rings is 1. The molecule has 126 valence electrons. The minimum Gasteiger partial charge on any atom is -0.486 e. The van der Waals surface area contributed by atoms with Gasteiger partial charge >= 0.3 is 0 Å². The van der Waals surface area contributed by atoms with Crippen LogP contribution in [0.15, 0.2) is 66.0 Å². The van der Waals surface area contributed by atoms with Gasteiger partial charge in [-0.3, -0.25) is 4.79 Å². The van der Waals surface area contributed by atoms with Gasteiger partial charge in [0.1, 0.15) is 12.7 Å². The van der Waals surface area contributed by atoms with E-state index in [2.05, 4.69) is 5.32 Å². The molecule has 1 N–H and O–H groups in total. The van der Waals surface area contributed by atoms with Crippen molar-refractivity contribution in [2.75, 3.05) is 13.2 Å². The molecule has 0 radical (unpaired) electrons. The Labute approximate surface area is 150 Å². The van der Waals surface area contributed by atoms with Gasteiger partial charge in [0.05, 0.1) is 11.4 Å². The summed E-state index contributed by atoms with van der Waals surface area (Å²) < 4.78 is 11.6. The van der Waals surface area contributed by atoms with E-state index in [4.69, 9.17) is 9.47 Å². The van der Waals surface area contributed by atoms with Crippen LogP contribution >= 0.6 is 11.3 Å². The maximum atomic E-state index is 12.6. The van der Waals surface area contributed by atoms with Gasteiger partial charge < -0.3 is 14.8 Å². The number of ether oxygens (including phenoxy) is 2. The van der Waals surface area contributed by atoms with Gasteiger partial charge in [0.15, 0.2) is 11.5 Å². The molecule has 1 aliphatic heterocycles. The molecule has 2 heterocycles. The lowest BCUT2D eigenvalue weighted by Crippen LogP contribution is -2.40. The molecule has 25 heavy (non-hydrogen) atoms. The normalized spacial score (nSPS) is 15.6. The number of para-hydroxylation sites is 2. The summed E-state index contributed by atoms with van der Waals surface area (Å²) in [6.07, 6.45) is -0.195. The highest BCUT2D eigenvalue weighted by molar-refractivity contribution is 7.12. The number of benzene rings is 2. The van der Waals surface area contributed by atoms with E-state index in [9.17, 15) is 4.79 Å². The predicted molar refractivity (Wildman–Crippen MR) is 98.4 cm³/mol. The standard InChI is InChI=1S/C20H17NO3S/c22-20(19-16(10-11-25-19)14-6-2-1-3-7-14)21-12-15-13-23-17-8-4-5-9-18(17)24-15/h1-11,15H,12-13H2,(H,21,22). The van der Waals surface area contributed by atoms with E-state index in [1.807, 2.05) is 66.0 Å². The van der Waals surface area contributed by atoms with Crippen molar-refractivity contribution in [3.8, 4) is 22.6 Å². The van der Waals surface area contributed by atoms with Crippen LogP contribution in [-0.4, -0.2) is 25.2 Å². The zero-order chi connectivity index (χ0) is 17.1. The lowest BCUT2D eigenvalue weighted by Gasteiger charge is -2.26. The van der Waals surface area contributed by atoms with Crippen molar-refractivity contribution in [2.45, 2.75) is 6.10 Å². The second kappa shape index (κ2) is 6.99. The van der Waals surface area contributed by atoms with Crippen molar-refractivity contribution in [1.82, 2.24) is 5.32 Å². The number of amides is 1. The fraction of sp³-hybridized carbons (Fsp3) is 0.150. The van der Waals surface area contributed by atoms with Crippen LogP contribution in [-0.2, 0) is 0 Å². The Morgan fingerprint density at radius 1 is 1.04 bits per heavy atom. The Morgan fingerprint density at radius 3 is 2.64 bits per heavy atom. The van der Waals surface area contributed by atoms with Gasteiger partial charge in [-0.25, -0.2) is 0 Å². The SMILES string of the molecule is O=C(NCC1COc2ccccc2O1)c1sccc1-c1ccccc1. The zero-order valence-electron chi connectivity index (χ0n) is 13.5. The van der Waals surface area contributed by atoms with E-state index in [1.54, 1.807) is 0 Å². The third-order valence-corrected chi connectivity index (χ3v) is 4.93. The highest BCUT2D eigenvalue weighted by atomic mass is 32.1. The summed E-state index contributed by atoms with van der Waals surface area (Å²) in [5.41, 5.74) is 1.99. The van der Waals surface area contributed by atoms with Crippen molar-refractivity contribution in [2.24, 2.45) is 0 Å². The number of fused-ring (bicyclic) bond motifs is 1. The highest BCUT2D eigenvalue weighted by Gasteiger charge is 2.22. The van der Waals surface area contributed by atoms with Crippen molar-refractivity contribution < 1.29 is 14.3 Å². The van der Waals surface area contributed by atoms with Crippen LogP contribution in [0.4, 0.5) is 0 Å². The van der Waals surface area contributed by atoms with Crippen molar-refractivity contribution in [3.05, 3.63) is 70.9 Å². The van der Waals surface area contributed by atoms with Gasteiger partial charge in [-0.2, -0.15) is 0 Å². The smallest absolute Gasteiger partial charge is 0.262 e. The number of carbonyl (C=O) groups excluding carboxylic acids is 1. The molecule has 0 aliphatic carbocycles. The van der Waals surface area contributed by atoms with Crippen LogP contribution in [0.3, 0.4) is 0 Å². The lowest BCUT2D eigenvalue weighted by molar-refractivity contribution is 0.0792. The number of hydrogen-bond acceptors (Lipinski definition) is 4. The Balaban J connectivity index is 1.42. The third-order valence-electron chi connectivity index (χ3n) is 4.01. The molecule has 3 aromatic rings. The van der Waals surface area contributed by atoms with E-state index in [0.29, 0.717) is 23.8 Å². The Kier molecular flexibility index (Phi) is 4.39. The van der Waals surface area contributed by atoms with Crippen LogP contribution in [0, 0.1) is 0 Å². The van der Waals surface area contributed by atoms with Gasteiger partial charge in [0, 0.05) is 5.56 Å². The minimum absolute atomic E-state index is 0.0867. The summed E-state index contributed by atoms with van der Waals surface area (Å²) in [7, 11) is 0. The molecule has 1 atom stereocenters. The number of nitrogens with one attached hydrogen (secondary N) is 1. The summed E-state index contributed by atoms with van der Waals surface area (Å²) in [6, 6.07) is 19.5. The van der Waals surface area contributed by atoms with E-state index in [-0.39, 0.29) is 12.0 Å². The minimum atomic E-state index is -0.195. The van der Waals surface area contributed by atoms with Gasteiger partial charge in [0.25, 0.3) is 5.91 Å². The quantitative estimate of drug-likeness (QED) is 0.773. The van der Waals surface area contributed by atoms with Gasteiger partial charge in [-0.05, 0) is 29.1 Å². The second-order valence-corrected chi connectivity index (χ2v) is 6.65. The summed E-state index contributed by atoms with van der Waals surface area (Å²) in [5.74, 6) is 1.38. The fourth-order valence-electron chi connectivity index (χ4n) is 2.78. The Bertz CT molecular complexity index is 875. The molecule has 0 saturated carbocycles. The average Bonchev–Trinajstić information content (AvgIpc) is 3.16. The van der Waals surface area contributed by atoms with Gasteiger partial charge in [-0.1, -0.05) is 42.5 Å². The molecule has 1 aromatic heterocycles.